The summed E-state index contributed by atoms with van der Waals surface area (Å²) in [6.45, 7) is 1.27. The summed E-state index contributed by atoms with van der Waals surface area (Å²) >= 11 is 0. The second-order valence-corrected chi connectivity index (χ2v) is 2.14. The molecule has 0 aromatic carbocycles. The van der Waals surface area contributed by atoms with Gasteiger partial charge in [-0.05, 0) is 6.92 Å². The van der Waals surface area contributed by atoms with Gasteiger partial charge in [0.05, 0.1) is 5.69 Å². The largest absolute Gasteiger partial charge is 0.434 e. The third-order valence-corrected chi connectivity index (χ3v) is 1.26. The van der Waals surface area contributed by atoms with Gasteiger partial charge < -0.3 is 0 Å². The first kappa shape index (κ1) is 8.03. The fourth-order valence-electron chi connectivity index (χ4n) is 0.849. The Morgan fingerprint density at radius 3 is 2.09 bits per heavy atom. The van der Waals surface area contributed by atoms with Crippen molar-refractivity contribution in [2.45, 2.75) is 13.1 Å². The smallest absolute Gasteiger partial charge is 0.243 e. The fourth-order valence-corrected chi connectivity index (χ4v) is 0.849. The van der Waals surface area contributed by atoms with Crippen LogP contribution < -0.4 is 0 Å². The van der Waals surface area contributed by atoms with E-state index in [-0.39, 0.29) is 5.69 Å². The average Bonchev–Trinajstić information content (AvgIpc) is 2.08. The van der Waals surface area contributed by atoms with E-state index >= 15 is 0 Å². The molecule has 0 saturated heterocycles. The second kappa shape index (κ2) is 2.21. The van der Waals surface area contributed by atoms with Crippen LogP contribution >= 0.6 is 0 Å². The lowest BCUT2D eigenvalue weighted by molar-refractivity contribution is -0.144. The Hall–Kier alpha value is -1.07. The summed E-state index contributed by atoms with van der Waals surface area (Å²) in [4.78, 5) is 0. The molecule has 0 amide bonds. The molecular formula is C5H6F3N3. The highest BCUT2D eigenvalue weighted by atomic mass is 19.4. The number of alkyl halides is 3. The number of rotatable bonds is 0. The van der Waals surface area contributed by atoms with Crippen LogP contribution in [0.4, 0.5) is 13.2 Å². The van der Waals surface area contributed by atoms with Gasteiger partial charge in [-0.3, -0.25) is 0 Å². The third kappa shape index (κ3) is 1.33. The van der Waals surface area contributed by atoms with Crippen LogP contribution in [-0.2, 0) is 13.2 Å². The predicted molar refractivity (Wildman–Crippen MR) is 30.7 cm³/mol. The van der Waals surface area contributed by atoms with Crippen molar-refractivity contribution in [3.05, 3.63) is 11.4 Å². The normalized spacial score (nSPS) is 12.1. The molecule has 0 atom stereocenters. The number of aromatic nitrogens is 3. The van der Waals surface area contributed by atoms with Crippen molar-refractivity contribution in [3.63, 3.8) is 0 Å². The molecule has 1 aromatic rings. The van der Waals surface area contributed by atoms with Gasteiger partial charge in [0.1, 0.15) is 0 Å². The topological polar surface area (TPSA) is 30.7 Å². The Labute approximate surface area is 60.8 Å². The van der Waals surface area contributed by atoms with Crippen LogP contribution in [0.2, 0.25) is 0 Å². The SMILES string of the molecule is Cc1nnn(C)c1C(F)(F)F. The van der Waals surface area contributed by atoms with E-state index in [2.05, 4.69) is 10.3 Å². The molecule has 0 saturated carbocycles. The minimum Gasteiger partial charge on any atom is -0.243 e. The highest BCUT2D eigenvalue weighted by Gasteiger charge is 2.36. The number of halogens is 3. The first-order chi connectivity index (χ1) is 4.93. The van der Waals surface area contributed by atoms with Gasteiger partial charge in [0.15, 0.2) is 5.69 Å². The molecular weight excluding hydrogens is 159 g/mol. The molecule has 3 nitrogen and oxygen atoms in total. The van der Waals surface area contributed by atoms with Gasteiger partial charge in [0.25, 0.3) is 0 Å². The van der Waals surface area contributed by atoms with Crippen LogP contribution in [-0.4, -0.2) is 15.0 Å². The summed E-state index contributed by atoms with van der Waals surface area (Å²) < 4.78 is 36.8. The molecule has 1 heterocycles. The van der Waals surface area contributed by atoms with Gasteiger partial charge in [-0.1, -0.05) is 5.21 Å². The van der Waals surface area contributed by atoms with E-state index in [1.54, 1.807) is 0 Å². The van der Waals surface area contributed by atoms with Crippen molar-refractivity contribution in [3.8, 4) is 0 Å². The second-order valence-electron chi connectivity index (χ2n) is 2.14. The van der Waals surface area contributed by atoms with E-state index in [9.17, 15) is 13.2 Å². The van der Waals surface area contributed by atoms with Gasteiger partial charge >= 0.3 is 6.18 Å². The summed E-state index contributed by atoms with van der Waals surface area (Å²) in [6.07, 6.45) is -4.36. The van der Waals surface area contributed by atoms with E-state index < -0.39 is 11.9 Å². The van der Waals surface area contributed by atoms with Crippen molar-refractivity contribution < 1.29 is 13.2 Å². The van der Waals surface area contributed by atoms with Crippen LogP contribution in [0.5, 0.6) is 0 Å². The lowest BCUT2D eigenvalue weighted by atomic mass is 10.3. The zero-order chi connectivity index (χ0) is 8.65. The summed E-state index contributed by atoms with van der Waals surface area (Å²) in [5.41, 5.74) is -0.891. The van der Waals surface area contributed by atoms with Crippen molar-refractivity contribution in [1.29, 1.82) is 0 Å². The zero-order valence-electron chi connectivity index (χ0n) is 5.98. The van der Waals surface area contributed by atoms with E-state index in [1.165, 1.54) is 14.0 Å². The van der Waals surface area contributed by atoms with Gasteiger partial charge in [0.2, 0.25) is 0 Å². The maximum Gasteiger partial charge on any atom is 0.434 e. The van der Waals surface area contributed by atoms with E-state index in [4.69, 9.17) is 0 Å². The Kier molecular flexibility index (Phi) is 1.62. The molecule has 0 aliphatic rings. The standard InChI is InChI=1S/C5H6F3N3/c1-3-4(5(6,7)8)11(2)10-9-3/h1-2H3. The number of hydrogen-bond acceptors (Lipinski definition) is 2. The molecule has 0 radical (unpaired) electrons. The van der Waals surface area contributed by atoms with Crippen LogP contribution in [0.15, 0.2) is 0 Å². The molecule has 6 heteroatoms. The minimum atomic E-state index is -4.36. The Bertz CT molecular complexity index is 243. The van der Waals surface area contributed by atoms with Gasteiger partial charge in [-0.2, -0.15) is 13.2 Å². The zero-order valence-corrected chi connectivity index (χ0v) is 5.98. The molecule has 1 aromatic heterocycles. The summed E-state index contributed by atoms with van der Waals surface area (Å²) in [7, 11) is 1.21. The van der Waals surface area contributed by atoms with Crippen LogP contribution in [0.25, 0.3) is 0 Å². The van der Waals surface area contributed by atoms with Crippen LogP contribution in [0, 0.1) is 6.92 Å². The number of hydrogen-bond donors (Lipinski definition) is 0. The van der Waals surface area contributed by atoms with Crippen molar-refractivity contribution in [2.75, 3.05) is 0 Å². The Morgan fingerprint density at radius 2 is 1.91 bits per heavy atom. The molecule has 0 bridgehead atoms. The van der Waals surface area contributed by atoms with Crippen LogP contribution in [0.3, 0.4) is 0 Å². The monoisotopic (exact) mass is 165 g/mol. The average molecular weight is 165 g/mol. The van der Waals surface area contributed by atoms with E-state index in [1.807, 2.05) is 0 Å². The van der Waals surface area contributed by atoms with Crippen molar-refractivity contribution in [1.82, 2.24) is 15.0 Å². The lowest BCUT2D eigenvalue weighted by Gasteiger charge is -2.05. The summed E-state index contributed by atoms with van der Waals surface area (Å²) in [5, 5.41) is 6.50. The molecule has 0 N–H and O–H groups in total. The minimum absolute atomic E-state index is 0.0972. The van der Waals surface area contributed by atoms with Crippen molar-refractivity contribution in [2.24, 2.45) is 7.05 Å². The highest BCUT2D eigenvalue weighted by Crippen LogP contribution is 2.29. The first-order valence-electron chi connectivity index (χ1n) is 2.86. The summed E-state index contributed by atoms with van der Waals surface area (Å²) in [6, 6.07) is 0. The van der Waals surface area contributed by atoms with Gasteiger partial charge in [-0.25, -0.2) is 4.68 Å². The molecule has 62 valence electrons. The van der Waals surface area contributed by atoms with E-state index in [0.29, 0.717) is 0 Å². The number of nitrogens with zero attached hydrogens (tertiary/aromatic N) is 3. The predicted octanol–water partition coefficient (Wildman–Crippen LogP) is 1.14. The summed E-state index contributed by atoms with van der Waals surface area (Å²) in [5.74, 6) is 0. The van der Waals surface area contributed by atoms with Crippen molar-refractivity contribution >= 4 is 0 Å². The first-order valence-corrected chi connectivity index (χ1v) is 2.86. The Balaban J connectivity index is 3.21. The van der Waals surface area contributed by atoms with Gasteiger partial charge in [-0.15, -0.1) is 5.10 Å². The van der Waals surface area contributed by atoms with Gasteiger partial charge in [0, 0.05) is 7.05 Å². The quantitative estimate of drug-likeness (QED) is 0.577. The maximum atomic E-state index is 12.0. The molecule has 1 rings (SSSR count). The van der Waals surface area contributed by atoms with E-state index in [0.717, 1.165) is 4.68 Å². The third-order valence-electron chi connectivity index (χ3n) is 1.26. The highest BCUT2D eigenvalue weighted by molar-refractivity contribution is 5.11. The Morgan fingerprint density at radius 1 is 1.36 bits per heavy atom. The molecule has 0 spiro atoms. The maximum absolute atomic E-state index is 12.0. The molecule has 0 unspecified atom stereocenters. The fraction of sp³-hybridized carbons (Fsp3) is 0.600. The molecule has 0 fully saturated rings. The lowest BCUT2D eigenvalue weighted by Crippen LogP contribution is -2.13. The molecule has 0 aliphatic carbocycles. The number of aryl methyl sites for hydroxylation is 2. The molecule has 11 heavy (non-hydrogen) atoms. The molecule has 0 aliphatic heterocycles. The van der Waals surface area contributed by atoms with Crippen LogP contribution in [0.1, 0.15) is 11.4 Å².